The third-order valence-electron chi connectivity index (χ3n) is 7.29. The SMILES string of the molecule is CCN(CC)Cc1ccc(O)c(/C=N/[C@@H]2CCCC[C@H]2/N=C/c2cc(CN(CC)CC)ccc2O)c1. The molecule has 2 atom stereocenters. The van der Waals surface area contributed by atoms with Crippen LogP contribution in [0.3, 0.4) is 0 Å². The third kappa shape index (κ3) is 7.90. The highest BCUT2D eigenvalue weighted by Gasteiger charge is 2.23. The molecule has 1 saturated carbocycles. The summed E-state index contributed by atoms with van der Waals surface area (Å²) in [4.78, 5) is 14.5. The Morgan fingerprint density at radius 2 is 1.08 bits per heavy atom. The lowest BCUT2D eigenvalue weighted by Crippen LogP contribution is -2.27. The Morgan fingerprint density at radius 1 is 0.694 bits per heavy atom. The Bertz CT molecular complexity index is 931. The molecule has 0 bridgehead atoms. The zero-order valence-corrected chi connectivity index (χ0v) is 22.5. The quantitative estimate of drug-likeness (QED) is 0.377. The fourth-order valence-electron chi connectivity index (χ4n) is 4.81. The van der Waals surface area contributed by atoms with E-state index in [4.69, 9.17) is 9.98 Å². The largest absolute Gasteiger partial charge is 0.507 e. The van der Waals surface area contributed by atoms with Crippen molar-refractivity contribution >= 4 is 12.4 Å². The molecular formula is C30H44N4O2. The summed E-state index contributed by atoms with van der Waals surface area (Å²) < 4.78 is 0. The number of hydrogen-bond donors (Lipinski definition) is 2. The maximum absolute atomic E-state index is 10.4. The van der Waals surface area contributed by atoms with E-state index < -0.39 is 0 Å². The Hall–Kier alpha value is -2.70. The summed E-state index contributed by atoms with van der Waals surface area (Å²) in [6.07, 6.45) is 7.86. The molecule has 1 aliphatic carbocycles. The number of rotatable bonds is 12. The number of aliphatic imine (C=N–C) groups is 2. The van der Waals surface area contributed by atoms with Gasteiger partial charge in [0.1, 0.15) is 11.5 Å². The number of benzene rings is 2. The topological polar surface area (TPSA) is 71.7 Å². The Labute approximate surface area is 217 Å². The predicted molar refractivity (Wildman–Crippen MR) is 151 cm³/mol. The fourth-order valence-corrected chi connectivity index (χ4v) is 4.81. The average Bonchev–Trinajstić information content (AvgIpc) is 2.91. The third-order valence-corrected chi connectivity index (χ3v) is 7.29. The molecule has 0 spiro atoms. The van der Waals surface area contributed by atoms with Gasteiger partial charge in [-0.2, -0.15) is 0 Å². The van der Waals surface area contributed by atoms with Crippen LogP contribution < -0.4 is 0 Å². The lowest BCUT2D eigenvalue weighted by molar-refractivity contribution is 0.295. The molecule has 196 valence electrons. The van der Waals surface area contributed by atoms with Crippen LogP contribution in [0.4, 0.5) is 0 Å². The van der Waals surface area contributed by atoms with E-state index in [-0.39, 0.29) is 23.6 Å². The Kier molecular flexibility index (Phi) is 11.0. The highest BCUT2D eigenvalue weighted by molar-refractivity contribution is 5.84. The lowest BCUT2D eigenvalue weighted by Gasteiger charge is -2.25. The number of hydrogen-bond acceptors (Lipinski definition) is 6. The summed E-state index contributed by atoms with van der Waals surface area (Å²) in [5, 5.41) is 20.8. The van der Waals surface area contributed by atoms with Crippen molar-refractivity contribution in [2.45, 2.75) is 78.6 Å². The average molecular weight is 493 g/mol. The minimum Gasteiger partial charge on any atom is -0.507 e. The van der Waals surface area contributed by atoms with E-state index in [1.165, 1.54) is 11.1 Å². The van der Waals surface area contributed by atoms with Gasteiger partial charge in [0.15, 0.2) is 0 Å². The first-order chi connectivity index (χ1) is 17.5. The summed E-state index contributed by atoms with van der Waals surface area (Å²) in [7, 11) is 0. The second-order valence-electron chi connectivity index (χ2n) is 9.68. The number of phenols is 2. The van der Waals surface area contributed by atoms with Crippen LogP contribution in [0.2, 0.25) is 0 Å². The van der Waals surface area contributed by atoms with Gasteiger partial charge in [0, 0.05) is 36.6 Å². The Balaban J connectivity index is 1.74. The second kappa shape index (κ2) is 14.1. The van der Waals surface area contributed by atoms with Gasteiger partial charge in [-0.1, -0.05) is 52.7 Å². The molecule has 0 saturated heterocycles. The van der Waals surface area contributed by atoms with Crippen molar-refractivity contribution in [3.63, 3.8) is 0 Å². The van der Waals surface area contributed by atoms with Crippen LogP contribution >= 0.6 is 0 Å². The molecule has 2 N–H and O–H groups in total. The maximum atomic E-state index is 10.4. The zero-order chi connectivity index (χ0) is 25.9. The standard InChI is InChI=1S/C30H44N4O2/c1-5-33(6-2)21-23-13-15-29(35)25(17-23)19-31-27-11-9-10-12-28(27)32-20-26-18-24(14-16-30(26)36)22-34(7-3)8-4/h13-20,27-28,35-36H,5-12,21-22H2,1-4H3/b31-19+,32-20+/t27-,28-/m1/s1. The molecule has 2 aromatic rings. The van der Waals surface area contributed by atoms with Crippen molar-refractivity contribution in [3.05, 3.63) is 58.7 Å². The summed E-state index contributed by atoms with van der Waals surface area (Å²) in [6, 6.07) is 11.7. The molecule has 0 radical (unpaired) electrons. The molecule has 0 heterocycles. The van der Waals surface area contributed by atoms with Crippen LogP contribution in [-0.4, -0.2) is 70.7 Å². The van der Waals surface area contributed by atoms with Gasteiger partial charge in [-0.25, -0.2) is 0 Å². The first kappa shape index (κ1) is 27.9. The van der Waals surface area contributed by atoms with E-state index in [2.05, 4.69) is 37.5 Å². The highest BCUT2D eigenvalue weighted by atomic mass is 16.3. The first-order valence-electron chi connectivity index (χ1n) is 13.6. The molecular weight excluding hydrogens is 448 g/mol. The highest BCUT2D eigenvalue weighted by Crippen LogP contribution is 2.26. The van der Waals surface area contributed by atoms with Crippen molar-refractivity contribution in [2.24, 2.45) is 9.98 Å². The van der Waals surface area contributed by atoms with Gasteiger partial charge in [-0.15, -0.1) is 0 Å². The van der Waals surface area contributed by atoms with Crippen LogP contribution in [0.1, 0.15) is 75.6 Å². The monoisotopic (exact) mass is 492 g/mol. The van der Waals surface area contributed by atoms with Gasteiger partial charge < -0.3 is 10.2 Å². The van der Waals surface area contributed by atoms with Gasteiger partial charge in [-0.3, -0.25) is 19.8 Å². The number of phenolic OH excluding ortho intramolecular Hbond substituents is 2. The van der Waals surface area contributed by atoms with Crippen LogP contribution in [-0.2, 0) is 13.1 Å². The van der Waals surface area contributed by atoms with Crippen LogP contribution in [0.5, 0.6) is 11.5 Å². The van der Waals surface area contributed by atoms with E-state index in [0.717, 1.165) is 76.1 Å². The summed E-state index contributed by atoms with van der Waals surface area (Å²) in [5.41, 5.74) is 3.87. The molecule has 0 amide bonds. The second-order valence-corrected chi connectivity index (χ2v) is 9.68. The lowest BCUT2D eigenvalue weighted by atomic mass is 9.91. The zero-order valence-electron chi connectivity index (χ0n) is 22.5. The van der Waals surface area contributed by atoms with Gasteiger partial charge >= 0.3 is 0 Å². The van der Waals surface area contributed by atoms with Crippen molar-refractivity contribution in [1.82, 2.24) is 9.80 Å². The normalized spacial score (nSPS) is 18.7. The smallest absolute Gasteiger partial charge is 0.124 e. The van der Waals surface area contributed by atoms with Crippen LogP contribution in [0.25, 0.3) is 0 Å². The van der Waals surface area contributed by atoms with Gasteiger partial charge in [0.2, 0.25) is 0 Å². The summed E-state index contributed by atoms with van der Waals surface area (Å²) in [5.74, 6) is 0.515. The maximum Gasteiger partial charge on any atom is 0.124 e. The molecule has 2 aromatic carbocycles. The van der Waals surface area contributed by atoms with Gasteiger partial charge in [0.25, 0.3) is 0 Å². The van der Waals surface area contributed by atoms with Crippen molar-refractivity contribution in [1.29, 1.82) is 0 Å². The van der Waals surface area contributed by atoms with E-state index in [1.54, 1.807) is 12.1 Å². The van der Waals surface area contributed by atoms with Crippen LogP contribution in [0, 0.1) is 0 Å². The van der Waals surface area contributed by atoms with E-state index in [1.807, 2.05) is 36.7 Å². The predicted octanol–water partition coefficient (Wildman–Crippen LogP) is 5.63. The molecule has 1 fully saturated rings. The molecule has 36 heavy (non-hydrogen) atoms. The minimum absolute atomic E-state index is 0.0711. The molecule has 0 aromatic heterocycles. The Morgan fingerprint density at radius 3 is 1.44 bits per heavy atom. The van der Waals surface area contributed by atoms with Crippen molar-refractivity contribution < 1.29 is 10.2 Å². The molecule has 3 rings (SSSR count). The van der Waals surface area contributed by atoms with E-state index in [9.17, 15) is 10.2 Å². The van der Waals surface area contributed by atoms with Gasteiger partial charge in [-0.05, 0) is 74.4 Å². The van der Waals surface area contributed by atoms with Crippen molar-refractivity contribution in [3.8, 4) is 11.5 Å². The van der Waals surface area contributed by atoms with Crippen LogP contribution in [0.15, 0.2) is 46.4 Å². The first-order valence-corrected chi connectivity index (χ1v) is 13.6. The summed E-state index contributed by atoms with van der Waals surface area (Å²) >= 11 is 0. The van der Waals surface area contributed by atoms with Crippen molar-refractivity contribution in [2.75, 3.05) is 26.2 Å². The number of aromatic hydroxyl groups is 2. The fraction of sp³-hybridized carbons (Fsp3) is 0.533. The molecule has 6 nitrogen and oxygen atoms in total. The van der Waals surface area contributed by atoms with E-state index in [0.29, 0.717) is 0 Å². The van der Waals surface area contributed by atoms with Gasteiger partial charge in [0.05, 0.1) is 12.1 Å². The summed E-state index contributed by atoms with van der Waals surface area (Å²) in [6.45, 7) is 14.4. The molecule has 0 unspecified atom stereocenters. The van der Waals surface area contributed by atoms with E-state index >= 15 is 0 Å². The number of nitrogens with zero attached hydrogens (tertiary/aromatic N) is 4. The molecule has 6 heteroatoms. The molecule has 1 aliphatic rings. The molecule has 0 aliphatic heterocycles. The minimum atomic E-state index is 0.0711.